The van der Waals surface area contributed by atoms with Crippen LogP contribution in [0.25, 0.3) is 9.88 Å². The van der Waals surface area contributed by atoms with Crippen molar-refractivity contribution in [2.75, 3.05) is 5.73 Å². The minimum atomic E-state index is 0.470. The van der Waals surface area contributed by atoms with E-state index < -0.39 is 0 Å². The molecule has 0 aliphatic heterocycles. The molecule has 0 aliphatic carbocycles. The van der Waals surface area contributed by atoms with Gasteiger partial charge in [0.2, 0.25) is 5.13 Å². The molecule has 0 amide bonds. The molecule has 2 heterocycles. The van der Waals surface area contributed by atoms with Crippen molar-refractivity contribution in [3.63, 3.8) is 0 Å². The summed E-state index contributed by atoms with van der Waals surface area (Å²) in [7, 11) is 0. The second-order valence-corrected chi connectivity index (χ2v) is 4.77. The number of rotatable bonds is 1. The van der Waals surface area contributed by atoms with Crippen molar-refractivity contribution >= 4 is 39.4 Å². The van der Waals surface area contributed by atoms with Gasteiger partial charge in [-0.1, -0.05) is 22.9 Å². The molecule has 0 radical (unpaired) electrons. The summed E-state index contributed by atoms with van der Waals surface area (Å²) < 4.78 is 0. The number of thiophene rings is 1. The van der Waals surface area contributed by atoms with Crippen LogP contribution in [0.4, 0.5) is 5.13 Å². The molecular weight excluding hydrogens is 226 g/mol. The van der Waals surface area contributed by atoms with Gasteiger partial charge >= 0.3 is 0 Å². The number of nitrogens with zero attached hydrogens (tertiary/aromatic N) is 2. The highest BCUT2D eigenvalue weighted by molar-refractivity contribution is 7.23. The van der Waals surface area contributed by atoms with Crippen LogP contribution in [0.3, 0.4) is 0 Å². The highest BCUT2D eigenvalue weighted by Crippen LogP contribution is 2.37. The van der Waals surface area contributed by atoms with E-state index in [1.165, 1.54) is 11.3 Å². The maximum absolute atomic E-state index is 6.06. The smallest absolute Gasteiger partial charge is 0.203 e. The molecule has 13 heavy (non-hydrogen) atoms. The second-order valence-electron chi connectivity index (χ2n) is 2.51. The topological polar surface area (TPSA) is 51.8 Å². The zero-order chi connectivity index (χ0) is 9.42. The molecule has 0 atom stereocenters. The Balaban J connectivity index is 2.52. The molecular formula is C7H6ClN3S2. The van der Waals surface area contributed by atoms with Crippen molar-refractivity contribution in [1.29, 1.82) is 0 Å². The van der Waals surface area contributed by atoms with Gasteiger partial charge in [0.1, 0.15) is 0 Å². The fraction of sp³-hybridized carbons (Fsp3) is 0.143. The minimum Gasteiger partial charge on any atom is -0.374 e. The average Bonchev–Trinajstić information content (AvgIpc) is 2.62. The first kappa shape index (κ1) is 8.93. The summed E-state index contributed by atoms with van der Waals surface area (Å²) in [5.41, 5.74) is 6.54. The van der Waals surface area contributed by atoms with Crippen LogP contribution in [0.1, 0.15) is 5.56 Å². The Hall–Kier alpha value is -0.650. The van der Waals surface area contributed by atoms with Crippen LogP contribution in [0, 0.1) is 6.92 Å². The molecule has 2 N–H and O–H groups in total. The van der Waals surface area contributed by atoms with Crippen molar-refractivity contribution < 1.29 is 0 Å². The van der Waals surface area contributed by atoms with E-state index in [1.54, 1.807) is 11.3 Å². The Bertz CT molecular complexity index is 435. The molecule has 2 aromatic heterocycles. The van der Waals surface area contributed by atoms with E-state index in [9.17, 15) is 0 Å². The zero-order valence-corrected chi connectivity index (χ0v) is 9.13. The van der Waals surface area contributed by atoms with Gasteiger partial charge in [0, 0.05) is 0 Å². The van der Waals surface area contributed by atoms with E-state index in [1.807, 2.05) is 12.3 Å². The molecule has 3 nitrogen and oxygen atoms in total. The van der Waals surface area contributed by atoms with Crippen LogP contribution < -0.4 is 5.73 Å². The third-order valence-electron chi connectivity index (χ3n) is 1.53. The molecule has 68 valence electrons. The van der Waals surface area contributed by atoms with Crippen molar-refractivity contribution in [2.45, 2.75) is 6.92 Å². The number of aryl methyl sites for hydroxylation is 1. The van der Waals surface area contributed by atoms with Crippen molar-refractivity contribution in [2.24, 2.45) is 0 Å². The predicted octanol–water partition coefficient (Wildman–Crippen LogP) is 2.81. The number of nitrogen functional groups attached to an aromatic ring is 1. The summed E-state index contributed by atoms with van der Waals surface area (Å²) >= 11 is 8.97. The lowest BCUT2D eigenvalue weighted by atomic mass is 10.3. The summed E-state index contributed by atoms with van der Waals surface area (Å²) in [4.78, 5) is 0.952. The van der Waals surface area contributed by atoms with Gasteiger partial charge in [-0.25, -0.2) is 0 Å². The van der Waals surface area contributed by atoms with E-state index in [2.05, 4.69) is 10.2 Å². The highest BCUT2D eigenvalue weighted by Gasteiger charge is 2.12. The van der Waals surface area contributed by atoms with Gasteiger partial charge in [-0.2, -0.15) is 0 Å². The molecule has 0 saturated carbocycles. The number of anilines is 1. The first-order valence-corrected chi connectivity index (χ1v) is 5.59. The fourth-order valence-electron chi connectivity index (χ4n) is 0.900. The largest absolute Gasteiger partial charge is 0.374 e. The molecule has 0 aliphatic rings. The number of hydrogen-bond acceptors (Lipinski definition) is 5. The Morgan fingerprint density at radius 2 is 2.23 bits per heavy atom. The molecule has 0 unspecified atom stereocenters. The van der Waals surface area contributed by atoms with E-state index in [-0.39, 0.29) is 0 Å². The summed E-state index contributed by atoms with van der Waals surface area (Å²) in [6.07, 6.45) is 0. The van der Waals surface area contributed by atoms with Crippen LogP contribution in [0.15, 0.2) is 5.38 Å². The maximum atomic E-state index is 6.06. The van der Waals surface area contributed by atoms with Crippen LogP contribution in [0.5, 0.6) is 0 Å². The van der Waals surface area contributed by atoms with Gasteiger partial charge in [-0.3, -0.25) is 0 Å². The SMILES string of the molecule is Cc1csc(-c2nnc(N)s2)c1Cl. The first-order valence-electron chi connectivity index (χ1n) is 3.51. The van der Waals surface area contributed by atoms with Gasteiger partial charge in [0.15, 0.2) is 5.01 Å². The van der Waals surface area contributed by atoms with Gasteiger partial charge in [0.05, 0.1) is 9.90 Å². The third-order valence-corrected chi connectivity index (χ3v) is 4.14. The first-order chi connectivity index (χ1) is 6.18. The number of nitrogens with two attached hydrogens (primary N) is 1. The van der Waals surface area contributed by atoms with Gasteiger partial charge in [-0.15, -0.1) is 21.5 Å². The minimum absolute atomic E-state index is 0.470. The van der Waals surface area contributed by atoms with Crippen LogP contribution >= 0.6 is 34.3 Å². The number of hydrogen-bond donors (Lipinski definition) is 1. The quantitative estimate of drug-likeness (QED) is 0.821. The highest BCUT2D eigenvalue weighted by atomic mass is 35.5. The zero-order valence-electron chi connectivity index (χ0n) is 6.74. The second kappa shape index (κ2) is 3.25. The summed E-state index contributed by atoms with van der Waals surface area (Å²) in [5.74, 6) is 0. The molecule has 0 aromatic carbocycles. The summed E-state index contributed by atoms with van der Waals surface area (Å²) in [6.45, 7) is 1.97. The normalized spacial score (nSPS) is 10.6. The van der Waals surface area contributed by atoms with E-state index in [0.29, 0.717) is 5.13 Å². The maximum Gasteiger partial charge on any atom is 0.203 e. The Morgan fingerprint density at radius 1 is 1.46 bits per heavy atom. The number of halogens is 1. The molecule has 2 aromatic rings. The lowest BCUT2D eigenvalue weighted by Crippen LogP contribution is -1.79. The van der Waals surface area contributed by atoms with Crippen LogP contribution in [-0.2, 0) is 0 Å². The standard InChI is InChI=1S/C7H6ClN3S2/c1-3-2-12-5(4(3)8)6-10-11-7(9)13-6/h2H,1H3,(H2,9,11). The summed E-state index contributed by atoms with van der Waals surface area (Å²) in [5, 5.41) is 11.7. The lowest BCUT2D eigenvalue weighted by molar-refractivity contribution is 1.11. The summed E-state index contributed by atoms with van der Waals surface area (Å²) in [6, 6.07) is 0. The fourth-order valence-corrected chi connectivity index (χ4v) is 2.94. The van der Waals surface area contributed by atoms with Gasteiger partial charge < -0.3 is 5.73 Å². The Labute approximate surface area is 88.2 Å². The van der Waals surface area contributed by atoms with Gasteiger partial charge in [-0.05, 0) is 17.9 Å². The third kappa shape index (κ3) is 1.54. The predicted molar refractivity (Wildman–Crippen MR) is 57.4 cm³/mol. The molecule has 0 bridgehead atoms. The van der Waals surface area contributed by atoms with Crippen LogP contribution in [0.2, 0.25) is 5.02 Å². The molecule has 0 spiro atoms. The van der Waals surface area contributed by atoms with E-state index >= 15 is 0 Å². The molecule has 0 fully saturated rings. The average molecular weight is 232 g/mol. The Morgan fingerprint density at radius 3 is 2.69 bits per heavy atom. The molecule has 0 saturated heterocycles. The lowest BCUT2D eigenvalue weighted by Gasteiger charge is -1.89. The van der Waals surface area contributed by atoms with Gasteiger partial charge in [0.25, 0.3) is 0 Å². The molecule has 6 heteroatoms. The Kier molecular flexibility index (Phi) is 2.23. The van der Waals surface area contributed by atoms with E-state index in [4.69, 9.17) is 17.3 Å². The monoisotopic (exact) mass is 231 g/mol. The number of aromatic nitrogens is 2. The van der Waals surface area contributed by atoms with E-state index in [0.717, 1.165) is 20.5 Å². The van der Waals surface area contributed by atoms with Crippen molar-refractivity contribution in [3.05, 3.63) is 16.0 Å². The molecule has 2 rings (SSSR count). The van der Waals surface area contributed by atoms with Crippen LogP contribution in [-0.4, -0.2) is 10.2 Å². The van der Waals surface area contributed by atoms with Crippen molar-refractivity contribution in [3.8, 4) is 9.88 Å². The van der Waals surface area contributed by atoms with Crippen molar-refractivity contribution in [1.82, 2.24) is 10.2 Å².